The number of nitrogens with one attached hydrogen (secondary N) is 1. The third-order valence-electron chi connectivity index (χ3n) is 3.75. The maximum atomic E-state index is 12.4. The summed E-state index contributed by atoms with van der Waals surface area (Å²) in [6.45, 7) is 1.80. The zero-order valence-corrected chi connectivity index (χ0v) is 14.6. The van der Waals surface area contributed by atoms with E-state index in [1.165, 1.54) is 0 Å². The summed E-state index contributed by atoms with van der Waals surface area (Å²) < 4.78 is 5.66. The molecule has 0 aliphatic heterocycles. The summed E-state index contributed by atoms with van der Waals surface area (Å²) in [7, 11) is 0. The van der Waals surface area contributed by atoms with Crippen LogP contribution in [0.5, 0.6) is 5.75 Å². The Labute approximate surface area is 151 Å². The lowest BCUT2D eigenvalue weighted by molar-refractivity contribution is -0.139. The number of para-hydroxylation sites is 1. The lowest BCUT2D eigenvalue weighted by Crippen LogP contribution is -2.41. The fourth-order valence-electron chi connectivity index (χ4n) is 2.37. The predicted molar refractivity (Wildman–Crippen MR) is 96.0 cm³/mol. The second-order valence-corrected chi connectivity index (χ2v) is 5.90. The average molecular weight is 362 g/mol. The molecule has 0 fully saturated rings. The largest absolute Gasteiger partial charge is 0.481 e. The van der Waals surface area contributed by atoms with Crippen molar-refractivity contribution in [1.29, 1.82) is 0 Å². The van der Waals surface area contributed by atoms with Gasteiger partial charge in [0.2, 0.25) is 0 Å². The van der Waals surface area contributed by atoms with E-state index >= 15 is 0 Å². The lowest BCUT2D eigenvalue weighted by atomic mass is 9.99. The summed E-state index contributed by atoms with van der Waals surface area (Å²) in [5.74, 6) is -1.76. The van der Waals surface area contributed by atoms with E-state index in [-0.39, 0.29) is 12.5 Å². The number of carbonyl (C=O) groups excluding carboxylic acids is 1. The second-order valence-electron chi connectivity index (χ2n) is 5.49. The van der Waals surface area contributed by atoms with Crippen molar-refractivity contribution in [2.45, 2.75) is 25.4 Å². The van der Waals surface area contributed by atoms with Gasteiger partial charge in [-0.3, -0.25) is 9.59 Å². The first kappa shape index (κ1) is 18.8. The van der Waals surface area contributed by atoms with Gasteiger partial charge in [-0.25, -0.2) is 0 Å². The highest BCUT2D eigenvalue weighted by Crippen LogP contribution is 2.25. The molecular formula is C19H20ClNO4. The van der Waals surface area contributed by atoms with Crippen LogP contribution in [-0.4, -0.2) is 29.6 Å². The number of rotatable bonds is 8. The highest BCUT2D eigenvalue weighted by molar-refractivity contribution is 6.32. The molecule has 0 aromatic heterocycles. The SMILES string of the molecule is CCC(Oc1ccccc1Cl)C(=O)NCC(C(=O)O)c1ccccc1. The van der Waals surface area contributed by atoms with E-state index in [2.05, 4.69) is 5.32 Å². The topological polar surface area (TPSA) is 75.6 Å². The zero-order valence-electron chi connectivity index (χ0n) is 13.8. The van der Waals surface area contributed by atoms with Crippen LogP contribution in [0.3, 0.4) is 0 Å². The first-order valence-electron chi connectivity index (χ1n) is 7.99. The summed E-state index contributed by atoms with van der Waals surface area (Å²) in [5, 5.41) is 12.5. The highest BCUT2D eigenvalue weighted by Gasteiger charge is 2.24. The Hall–Kier alpha value is -2.53. The maximum Gasteiger partial charge on any atom is 0.312 e. The quantitative estimate of drug-likeness (QED) is 0.754. The molecule has 0 aliphatic rings. The molecule has 2 aromatic carbocycles. The van der Waals surface area contributed by atoms with Crippen molar-refractivity contribution >= 4 is 23.5 Å². The monoisotopic (exact) mass is 361 g/mol. The summed E-state index contributed by atoms with van der Waals surface area (Å²) in [6, 6.07) is 15.7. The first-order valence-corrected chi connectivity index (χ1v) is 8.37. The number of carbonyl (C=O) groups is 2. The maximum absolute atomic E-state index is 12.4. The summed E-state index contributed by atoms with van der Waals surface area (Å²) >= 11 is 6.04. The second kappa shape index (κ2) is 9.08. The number of aliphatic carboxylic acids is 1. The van der Waals surface area contributed by atoms with E-state index in [0.29, 0.717) is 22.8 Å². The number of halogens is 1. The van der Waals surface area contributed by atoms with Crippen LogP contribution in [0.4, 0.5) is 0 Å². The van der Waals surface area contributed by atoms with Gasteiger partial charge in [0.15, 0.2) is 6.10 Å². The van der Waals surface area contributed by atoms with Crippen molar-refractivity contribution in [2.24, 2.45) is 0 Å². The van der Waals surface area contributed by atoms with Crippen molar-refractivity contribution in [2.75, 3.05) is 6.54 Å². The summed E-state index contributed by atoms with van der Waals surface area (Å²) in [6.07, 6.45) is -0.315. The van der Waals surface area contributed by atoms with Crippen LogP contribution in [0.2, 0.25) is 5.02 Å². The molecule has 0 heterocycles. The van der Waals surface area contributed by atoms with Gasteiger partial charge >= 0.3 is 5.97 Å². The minimum Gasteiger partial charge on any atom is -0.481 e. The highest BCUT2D eigenvalue weighted by atomic mass is 35.5. The Morgan fingerprint density at radius 3 is 2.36 bits per heavy atom. The van der Waals surface area contributed by atoms with Gasteiger partial charge in [-0.05, 0) is 24.1 Å². The van der Waals surface area contributed by atoms with Gasteiger partial charge in [-0.15, -0.1) is 0 Å². The van der Waals surface area contributed by atoms with E-state index in [1.54, 1.807) is 48.5 Å². The van der Waals surface area contributed by atoms with E-state index in [0.717, 1.165) is 0 Å². The molecule has 25 heavy (non-hydrogen) atoms. The minimum atomic E-state index is -0.994. The first-order chi connectivity index (χ1) is 12.0. The lowest BCUT2D eigenvalue weighted by Gasteiger charge is -2.20. The number of amides is 1. The molecule has 6 heteroatoms. The number of carboxylic acid groups (broad SMARTS) is 1. The number of benzene rings is 2. The Bertz CT molecular complexity index is 720. The van der Waals surface area contributed by atoms with Crippen molar-refractivity contribution in [3.05, 3.63) is 65.2 Å². The molecule has 0 radical (unpaired) electrons. The molecule has 2 aromatic rings. The molecule has 2 atom stereocenters. The van der Waals surface area contributed by atoms with Crippen molar-refractivity contribution < 1.29 is 19.4 Å². The van der Waals surface area contributed by atoms with E-state index in [1.807, 2.05) is 13.0 Å². The van der Waals surface area contributed by atoms with Gasteiger partial charge in [0.25, 0.3) is 5.91 Å². The molecule has 2 unspecified atom stereocenters. The Kier molecular flexibility index (Phi) is 6.83. The van der Waals surface area contributed by atoms with E-state index in [4.69, 9.17) is 16.3 Å². The molecule has 5 nitrogen and oxygen atoms in total. The summed E-state index contributed by atoms with van der Waals surface area (Å²) in [5.41, 5.74) is 0.635. The summed E-state index contributed by atoms with van der Waals surface area (Å²) in [4.78, 5) is 23.9. The molecular weight excluding hydrogens is 342 g/mol. The van der Waals surface area contributed by atoms with Crippen LogP contribution in [0.1, 0.15) is 24.8 Å². The molecule has 2 N–H and O–H groups in total. The number of carboxylic acids is 1. The van der Waals surface area contributed by atoms with Gasteiger partial charge in [-0.1, -0.05) is 61.0 Å². The fraction of sp³-hybridized carbons (Fsp3) is 0.263. The molecule has 2 rings (SSSR count). The van der Waals surface area contributed by atoms with Crippen LogP contribution in [-0.2, 0) is 9.59 Å². The standard InChI is InChI=1S/C19H20ClNO4/c1-2-16(25-17-11-7-6-10-15(17)20)18(22)21-12-14(19(23)24)13-8-4-3-5-9-13/h3-11,14,16H,2,12H2,1H3,(H,21,22)(H,23,24). The minimum absolute atomic E-state index is 0.0133. The molecule has 0 aliphatic carbocycles. The van der Waals surface area contributed by atoms with Gasteiger partial charge in [-0.2, -0.15) is 0 Å². The zero-order chi connectivity index (χ0) is 18.2. The number of ether oxygens (including phenoxy) is 1. The average Bonchev–Trinajstić information content (AvgIpc) is 2.61. The van der Waals surface area contributed by atoms with Crippen molar-refractivity contribution in [1.82, 2.24) is 5.32 Å². The normalized spacial score (nSPS) is 12.9. The number of hydrogen-bond acceptors (Lipinski definition) is 3. The van der Waals surface area contributed by atoms with Gasteiger partial charge in [0.1, 0.15) is 5.75 Å². The van der Waals surface area contributed by atoms with Crippen molar-refractivity contribution in [3.63, 3.8) is 0 Å². The Morgan fingerprint density at radius 2 is 1.76 bits per heavy atom. The molecule has 1 amide bonds. The van der Waals surface area contributed by atoms with E-state index in [9.17, 15) is 14.7 Å². The third kappa shape index (κ3) is 5.22. The van der Waals surface area contributed by atoms with Crippen molar-refractivity contribution in [3.8, 4) is 5.75 Å². The Morgan fingerprint density at radius 1 is 1.12 bits per heavy atom. The predicted octanol–water partition coefficient (Wildman–Crippen LogP) is 3.48. The molecule has 0 spiro atoms. The van der Waals surface area contributed by atoms with Gasteiger partial charge in [0, 0.05) is 6.54 Å². The van der Waals surface area contributed by atoms with Crippen LogP contribution >= 0.6 is 11.6 Å². The van der Waals surface area contributed by atoms with Crippen LogP contribution in [0, 0.1) is 0 Å². The van der Waals surface area contributed by atoms with Crippen LogP contribution < -0.4 is 10.1 Å². The molecule has 0 bridgehead atoms. The fourth-order valence-corrected chi connectivity index (χ4v) is 2.55. The Balaban J connectivity index is 2.01. The van der Waals surface area contributed by atoms with Gasteiger partial charge in [0.05, 0.1) is 10.9 Å². The molecule has 0 saturated carbocycles. The van der Waals surface area contributed by atoms with E-state index < -0.39 is 18.0 Å². The van der Waals surface area contributed by atoms with Crippen LogP contribution in [0.25, 0.3) is 0 Å². The smallest absolute Gasteiger partial charge is 0.312 e. The molecule has 0 saturated heterocycles. The molecule has 132 valence electrons. The van der Waals surface area contributed by atoms with Gasteiger partial charge < -0.3 is 15.2 Å². The van der Waals surface area contributed by atoms with Crippen LogP contribution in [0.15, 0.2) is 54.6 Å². The number of hydrogen-bond donors (Lipinski definition) is 2. The third-order valence-corrected chi connectivity index (χ3v) is 4.06.